The highest BCUT2D eigenvalue weighted by Gasteiger charge is 2.21. The third-order valence-corrected chi connectivity index (χ3v) is 4.40. The molecule has 0 bridgehead atoms. The number of rotatable bonds is 4. The first-order chi connectivity index (χ1) is 9.40. The molecular weight excluding hydrogens is 284 g/mol. The monoisotopic (exact) mass is 297 g/mol. The second-order valence-electron chi connectivity index (χ2n) is 4.32. The lowest BCUT2D eigenvalue weighted by Gasteiger charge is -2.15. The number of hydrogen-bond donors (Lipinski definition) is 1. The van der Waals surface area contributed by atoms with Gasteiger partial charge in [0, 0.05) is 6.04 Å². The van der Waals surface area contributed by atoms with E-state index in [2.05, 4.69) is 4.72 Å². The molecule has 0 aliphatic carbocycles. The van der Waals surface area contributed by atoms with Gasteiger partial charge in [-0.3, -0.25) is 0 Å². The van der Waals surface area contributed by atoms with Gasteiger partial charge in [-0.05, 0) is 36.8 Å². The molecular formula is C14H13F2NO2S. The lowest BCUT2D eigenvalue weighted by atomic mass is 10.1. The molecule has 0 heterocycles. The quantitative estimate of drug-likeness (QED) is 0.943. The first-order valence-electron chi connectivity index (χ1n) is 5.92. The van der Waals surface area contributed by atoms with Gasteiger partial charge in [0.2, 0.25) is 10.0 Å². The summed E-state index contributed by atoms with van der Waals surface area (Å²) in [5.41, 5.74) is 0.589. The summed E-state index contributed by atoms with van der Waals surface area (Å²) in [4.78, 5) is -0.408. The Balaban J connectivity index is 2.24. The van der Waals surface area contributed by atoms with E-state index in [-0.39, 0.29) is 0 Å². The van der Waals surface area contributed by atoms with E-state index in [4.69, 9.17) is 0 Å². The molecule has 1 N–H and O–H groups in total. The summed E-state index contributed by atoms with van der Waals surface area (Å²) < 4.78 is 52.9. The molecule has 1 unspecified atom stereocenters. The van der Waals surface area contributed by atoms with Crippen LogP contribution in [0.25, 0.3) is 0 Å². The van der Waals surface area contributed by atoms with Gasteiger partial charge < -0.3 is 0 Å². The van der Waals surface area contributed by atoms with Crippen LogP contribution >= 0.6 is 0 Å². The van der Waals surface area contributed by atoms with Crippen LogP contribution in [0.4, 0.5) is 8.78 Å². The minimum absolute atomic E-state index is 0.405. The molecule has 2 aromatic carbocycles. The standard InChI is InChI=1S/C14H13F2NO2S/c1-10(11-6-8-12(15)9-7-11)17-20(18,19)14-5-3-2-4-13(14)16/h2-10,17H,1H3. The maximum Gasteiger partial charge on any atom is 0.244 e. The molecule has 2 rings (SSSR count). The highest BCUT2D eigenvalue weighted by molar-refractivity contribution is 7.89. The van der Waals surface area contributed by atoms with Crippen molar-refractivity contribution >= 4 is 10.0 Å². The van der Waals surface area contributed by atoms with Crippen molar-refractivity contribution in [2.45, 2.75) is 17.9 Å². The van der Waals surface area contributed by atoms with E-state index in [1.165, 1.54) is 42.5 Å². The second-order valence-corrected chi connectivity index (χ2v) is 6.01. The van der Waals surface area contributed by atoms with Gasteiger partial charge in [0.15, 0.2) is 0 Å². The molecule has 0 fully saturated rings. The average Bonchev–Trinajstić information content (AvgIpc) is 2.39. The van der Waals surface area contributed by atoms with E-state index in [1.54, 1.807) is 6.92 Å². The number of halogens is 2. The summed E-state index contributed by atoms with van der Waals surface area (Å²) in [7, 11) is -3.97. The van der Waals surface area contributed by atoms with Crippen LogP contribution in [0.5, 0.6) is 0 Å². The van der Waals surface area contributed by atoms with Crippen molar-refractivity contribution in [1.82, 2.24) is 4.72 Å². The van der Waals surface area contributed by atoms with Crippen LogP contribution in [0, 0.1) is 11.6 Å². The maximum atomic E-state index is 13.5. The summed E-state index contributed by atoms with van der Waals surface area (Å²) in [6.07, 6.45) is 0. The number of hydrogen-bond acceptors (Lipinski definition) is 2. The summed E-state index contributed by atoms with van der Waals surface area (Å²) in [6, 6.07) is 9.96. The predicted octanol–water partition coefficient (Wildman–Crippen LogP) is 3.00. The number of nitrogens with one attached hydrogen (secondary N) is 1. The van der Waals surface area contributed by atoms with Crippen LogP contribution in [0.1, 0.15) is 18.5 Å². The zero-order chi connectivity index (χ0) is 14.8. The highest BCUT2D eigenvalue weighted by atomic mass is 32.2. The Labute approximate surface area is 116 Å². The van der Waals surface area contributed by atoms with Gasteiger partial charge in [-0.25, -0.2) is 21.9 Å². The Morgan fingerprint density at radius 1 is 1.00 bits per heavy atom. The minimum atomic E-state index is -3.97. The average molecular weight is 297 g/mol. The maximum absolute atomic E-state index is 13.5. The molecule has 6 heteroatoms. The molecule has 106 valence electrons. The molecule has 0 saturated heterocycles. The van der Waals surface area contributed by atoms with E-state index >= 15 is 0 Å². The third kappa shape index (κ3) is 3.20. The van der Waals surface area contributed by atoms with Gasteiger partial charge in [0.1, 0.15) is 16.5 Å². The van der Waals surface area contributed by atoms with E-state index in [9.17, 15) is 17.2 Å². The van der Waals surface area contributed by atoms with Gasteiger partial charge in [0.25, 0.3) is 0 Å². The summed E-state index contributed by atoms with van der Waals surface area (Å²) >= 11 is 0. The van der Waals surface area contributed by atoms with E-state index in [0.29, 0.717) is 5.56 Å². The normalized spacial score (nSPS) is 13.2. The molecule has 0 spiro atoms. The summed E-state index contributed by atoms with van der Waals surface area (Å²) in [6.45, 7) is 1.60. The van der Waals surface area contributed by atoms with Gasteiger partial charge in [0.05, 0.1) is 0 Å². The largest absolute Gasteiger partial charge is 0.244 e. The van der Waals surface area contributed by atoms with Gasteiger partial charge in [-0.2, -0.15) is 0 Å². The smallest absolute Gasteiger partial charge is 0.207 e. The van der Waals surface area contributed by atoms with E-state index in [1.807, 2.05) is 0 Å². The van der Waals surface area contributed by atoms with Crippen molar-refractivity contribution in [3.8, 4) is 0 Å². The van der Waals surface area contributed by atoms with Crippen LogP contribution in [0.15, 0.2) is 53.4 Å². The Hall–Kier alpha value is -1.79. The lowest BCUT2D eigenvalue weighted by molar-refractivity contribution is 0.546. The molecule has 0 saturated carbocycles. The first kappa shape index (κ1) is 14.6. The summed E-state index contributed by atoms with van der Waals surface area (Å²) in [5, 5.41) is 0. The fourth-order valence-corrected chi connectivity index (χ4v) is 3.09. The molecule has 20 heavy (non-hydrogen) atoms. The van der Waals surface area contributed by atoms with Gasteiger partial charge in [-0.15, -0.1) is 0 Å². The molecule has 2 aromatic rings. The molecule has 0 radical (unpaired) electrons. The van der Waals surface area contributed by atoms with Crippen molar-refractivity contribution in [2.24, 2.45) is 0 Å². The molecule has 3 nitrogen and oxygen atoms in total. The fraction of sp³-hybridized carbons (Fsp3) is 0.143. The van der Waals surface area contributed by atoms with Gasteiger partial charge in [-0.1, -0.05) is 24.3 Å². The third-order valence-electron chi connectivity index (χ3n) is 2.83. The van der Waals surface area contributed by atoms with Crippen LogP contribution in [-0.2, 0) is 10.0 Å². The fourth-order valence-electron chi connectivity index (χ4n) is 1.78. The zero-order valence-corrected chi connectivity index (χ0v) is 11.5. The highest BCUT2D eigenvalue weighted by Crippen LogP contribution is 2.19. The Bertz CT molecular complexity index is 699. The Kier molecular flexibility index (Phi) is 4.15. The van der Waals surface area contributed by atoms with Crippen LogP contribution < -0.4 is 4.72 Å². The lowest BCUT2D eigenvalue weighted by Crippen LogP contribution is -2.27. The summed E-state index contributed by atoms with van der Waals surface area (Å²) in [5.74, 6) is -1.22. The SMILES string of the molecule is CC(NS(=O)(=O)c1ccccc1F)c1ccc(F)cc1. The molecule has 0 amide bonds. The Morgan fingerprint density at radius 3 is 2.20 bits per heavy atom. The number of benzene rings is 2. The van der Waals surface area contributed by atoms with E-state index < -0.39 is 32.6 Å². The molecule has 0 aliphatic heterocycles. The zero-order valence-electron chi connectivity index (χ0n) is 10.7. The van der Waals surface area contributed by atoms with Crippen molar-refractivity contribution in [3.05, 3.63) is 65.7 Å². The van der Waals surface area contributed by atoms with Crippen molar-refractivity contribution in [1.29, 1.82) is 0 Å². The Morgan fingerprint density at radius 2 is 1.60 bits per heavy atom. The molecule has 0 aromatic heterocycles. The van der Waals surface area contributed by atoms with Gasteiger partial charge >= 0.3 is 0 Å². The van der Waals surface area contributed by atoms with Crippen LogP contribution in [0.2, 0.25) is 0 Å². The molecule has 1 atom stereocenters. The number of sulfonamides is 1. The molecule has 0 aliphatic rings. The van der Waals surface area contributed by atoms with Crippen molar-refractivity contribution in [3.63, 3.8) is 0 Å². The van der Waals surface area contributed by atoms with Crippen molar-refractivity contribution < 1.29 is 17.2 Å². The first-order valence-corrected chi connectivity index (χ1v) is 7.41. The predicted molar refractivity (Wildman–Crippen MR) is 71.5 cm³/mol. The van der Waals surface area contributed by atoms with Crippen molar-refractivity contribution in [2.75, 3.05) is 0 Å². The topological polar surface area (TPSA) is 46.2 Å². The minimum Gasteiger partial charge on any atom is -0.207 e. The van der Waals surface area contributed by atoms with E-state index in [0.717, 1.165) is 6.07 Å². The van der Waals surface area contributed by atoms with Crippen LogP contribution in [-0.4, -0.2) is 8.42 Å². The van der Waals surface area contributed by atoms with Crippen LogP contribution in [0.3, 0.4) is 0 Å². The second kappa shape index (κ2) is 5.68.